The Bertz CT molecular complexity index is 191. The molecule has 10 heavy (non-hydrogen) atoms. The molecule has 1 N–H and O–H groups in total. The Hall–Kier alpha value is -0.830. The first-order valence-electron chi connectivity index (χ1n) is 3.10. The molecule has 1 saturated heterocycles. The lowest BCUT2D eigenvalue weighted by molar-refractivity contribution is -0.126. The number of aliphatic hydroxyl groups is 1. The molecule has 0 aromatic carbocycles. The molecule has 0 unspecified atom stereocenters. The Morgan fingerprint density at radius 1 is 1.70 bits per heavy atom. The highest BCUT2D eigenvalue weighted by molar-refractivity contribution is 6.03. The molecule has 0 aromatic heterocycles. The summed E-state index contributed by atoms with van der Waals surface area (Å²) in [6, 6.07) is 0. The molecule has 0 aromatic rings. The molecule has 0 saturated carbocycles. The molecule has 1 fully saturated rings. The second kappa shape index (κ2) is 2.09. The first-order chi connectivity index (χ1) is 4.58. The van der Waals surface area contributed by atoms with Crippen molar-refractivity contribution in [3.05, 3.63) is 11.8 Å². The van der Waals surface area contributed by atoms with Crippen molar-refractivity contribution in [3.8, 4) is 0 Å². The van der Waals surface area contributed by atoms with Crippen LogP contribution in [0.3, 0.4) is 0 Å². The molecule has 0 amide bonds. The third kappa shape index (κ3) is 0.926. The van der Waals surface area contributed by atoms with Crippen LogP contribution in [0.4, 0.5) is 0 Å². The lowest BCUT2D eigenvalue weighted by atomic mass is 10.0. The average molecular weight is 142 g/mol. The number of Topliss-reactive ketones (excluding diaryl/α,β-unsaturated/α-hetero) is 1. The second-order valence-corrected chi connectivity index (χ2v) is 2.78. The summed E-state index contributed by atoms with van der Waals surface area (Å²) in [7, 11) is 0. The van der Waals surface area contributed by atoms with Crippen molar-refractivity contribution in [3.63, 3.8) is 0 Å². The smallest absolute Gasteiger partial charge is 0.195 e. The van der Waals surface area contributed by atoms with Crippen molar-refractivity contribution < 1.29 is 14.6 Å². The fraction of sp³-hybridized carbons (Fsp3) is 0.571. The van der Waals surface area contributed by atoms with E-state index < -0.39 is 5.60 Å². The summed E-state index contributed by atoms with van der Waals surface area (Å²) < 4.78 is 5.08. The quantitative estimate of drug-likeness (QED) is 0.402. The van der Waals surface area contributed by atoms with Crippen LogP contribution in [0.5, 0.6) is 0 Å². The van der Waals surface area contributed by atoms with E-state index in [9.17, 15) is 4.79 Å². The lowest BCUT2D eigenvalue weighted by Gasteiger charge is -2.12. The van der Waals surface area contributed by atoms with Gasteiger partial charge in [-0.1, -0.05) is 0 Å². The Labute approximate surface area is 59.3 Å². The Balaban J connectivity index is 2.88. The normalized spacial score (nSPS) is 27.8. The van der Waals surface area contributed by atoms with E-state index in [0.29, 0.717) is 5.57 Å². The number of carbonyl (C=O) groups excluding carboxylic acids is 1. The summed E-state index contributed by atoms with van der Waals surface area (Å²) in [5.74, 6) is -0.130. The molecule has 0 bridgehead atoms. The van der Waals surface area contributed by atoms with Gasteiger partial charge >= 0.3 is 0 Å². The van der Waals surface area contributed by atoms with E-state index in [-0.39, 0.29) is 12.4 Å². The maximum Gasteiger partial charge on any atom is 0.195 e. The minimum atomic E-state index is -0.742. The molecule has 1 aliphatic heterocycles. The van der Waals surface area contributed by atoms with Crippen LogP contribution < -0.4 is 0 Å². The highest BCUT2D eigenvalue weighted by Crippen LogP contribution is 2.23. The van der Waals surface area contributed by atoms with Crippen molar-refractivity contribution in [2.75, 3.05) is 6.61 Å². The second-order valence-electron chi connectivity index (χ2n) is 2.78. The van der Waals surface area contributed by atoms with Gasteiger partial charge in [-0.2, -0.15) is 0 Å². The first-order valence-corrected chi connectivity index (χ1v) is 3.10. The minimum Gasteiger partial charge on any atom is -0.515 e. The van der Waals surface area contributed by atoms with Crippen LogP contribution in [-0.2, 0) is 9.53 Å². The van der Waals surface area contributed by atoms with E-state index in [4.69, 9.17) is 9.84 Å². The monoisotopic (exact) mass is 142 g/mol. The van der Waals surface area contributed by atoms with E-state index in [1.165, 1.54) is 0 Å². The van der Waals surface area contributed by atoms with Crippen molar-refractivity contribution in [2.24, 2.45) is 0 Å². The number of hydrogen-bond donors (Lipinski definition) is 1. The van der Waals surface area contributed by atoms with Crippen LogP contribution in [-0.4, -0.2) is 23.1 Å². The summed E-state index contributed by atoms with van der Waals surface area (Å²) in [6.45, 7) is 3.60. The number of hydrogen-bond acceptors (Lipinski definition) is 3. The van der Waals surface area contributed by atoms with Gasteiger partial charge in [0.15, 0.2) is 5.78 Å². The lowest BCUT2D eigenvalue weighted by Crippen LogP contribution is -2.27. The fourth-order valence-corrected chi connectivity index (χ4v) is 0.872. The third-order valence-corrected chi connectivity index (χ3v) is 1.58. The van der Waals surface area contributed by atoms with Crippen LogP contribution in [0, 0.1) is 0 Å². The van der Waals surface area contributed by atoms with Gasteiger partial charge in [-0.05, 0) is 13.8 Å². The SMILES string of the molecule is CC1(C)OCC(=CO)C1=O. The van der Waals surface area contributed by atoms with Crippen LogP contribution in [0.25, 0.3) is 0 Å². The molecule has 0 aliphatic carbocycles. The predicted molar refractivity (Wildman–Crippen MR) is 35.7 cm³/mol. The third-order valence-electron chi connectivity index (χ3n) is 1.58. The maximum absolute atomic E-state index is 11.1. The van der Waals surface area contributed by atoms with Gasteiger partial charge in [0.2, 0.25) is 0 Å². The summed E-state index contributed by atoms with van der Waals surface area (Å²) in [5.41, 5.74) is -0.390. The van der Waals surface area contributed by atoms with Crippen molar-refractivity contribution in [2.45, 2.75) is 19.4 Å². The maximum atomic E-state index is 11.1. The standard InChI is InChI=1S/C7H10O3/c1-7(2)6(9)5(3-8)4-10-7/h3,8H,4H2,1-2H3. The zero-order chi connectivity index (χ0) is 7.78. The van der Waals surface area contributed by atoms with Crippen molar-refractivity contribution >= 4 is 5.78 Å². The number of carbonyl (C=O) groups is 1. The van der Waals surface area contributed by atoms with Gasteiger partial charge in [0.05, 0.1) is 18.4 Å². The van der Waals surface area contributed by atoms with E-state index in [2.05, 4.69) is 0 Å². The van der Waals surface area contributed by atoms with Crippen LogP contribution in [0.2, 0.25) is 0 Å². The molecular formula is C7H10O3. The van der Waals surface area contributed by atoms with E-state index in [1.54, 1.807) is 13.8 Å². The topological polar surface area (TPSA) is 46.5 Å². The molecular weight excluding hydrogens is 132 g/mol. The van der Waals surface area contributed by atoms with Gasteiger partial charge in [0.1, 0.15) is 5.60 Å². The number of aliphatic hydroxyl groups excluding tert-OH is 1. The van der Waals surface area contributed by atoms with Gasteiger partial charge < -0.3 is 9.84 Å². The van der Waals surface area contributed by atoms with E-state index in [1.807, 2.05) is 0 Å². The number of ether oxygens (including phenoxy) is 1. The Kier molecular flexibility index (Phi) is 1.52. The van der Waals surface area contributed by atoms with Crippen LogP contribution in [0.15, 0.2) is 11.8 Å². The molecule has 0 spiro atoms. The fourth-order valence-electron chi connectivity index (χ4n) is 0.872. The minimum absolute atomic E-state index is 0.130. The Morgan fingerprint density at radius 3 is 2.50 bits per heavy atom. The largest absolute Gasteiger partial charge is 0.515 e. The zero-order valence-electron chi connectivity index (χ0n) is 6.05. The van der Waals surface area contributed by atoms with Crippen LogP contribution >= 0.6 is 0 Å². The summed E-state index contributed by atoms with van der Waals surface area (Å²) in [5, 5.41) is 8.51. The Morgan fingerprint density at radius 2 is 2.30 bits per heavy atom. The molecule has 1 aliphatic rings. The summed E-state index contributed by atoms with van der Waals surface area (Å²) >= 11 is 0. The molecule has 56 valence electrons. The highest BCUT2D eigenvalue weighted by Gasteiger charge is 2.37. The summed E-state index contributed by atoms with van der Waals surface area (Å²) in [6.07, 6.45) is 0.817. The number of ketones is 1. The van der Waals surface area contributed by atoms with Gasteiger partial charge in [-0.3, -0.25) is 4.79 Å². The molecule has 3 nitrogen and oxygen atoms in total. The van der Waals surface area contributed by atoms with Crippen molar-refractivity contribution in [1.82, 2.24) is 0 Å². The van der Waals surface area contributed by atoms with Gasteiger partial charge in [-0.25, -0.2) is 0 Å². The molecule has 1 heterocycles. The van der Waals surface area contributed by atoms with E-state index in [0.717, 1.165) is 6.26 Å². The zero-order valence-corrected chi connectivity index (χ0v) is 6.05. The van der Waals surface area contributed by atoms with Gasteiger partial charge in [-0.15, -0.1) is 0 Å². The molecule has 3 heteroatoms. The van der Waals surface area contributed by atoms with Crippen LogP contribution in [0.1, 0.15) is 13.8 Å². The van der Waals surface area contributed by atoms with Gasteiger partial charge in [0.25, 0.3) is 0 Å². The first kappa shape index (κ1) is 7.28. The summed E-state index contributed by atoms with van der Waals surface area (Å²) in [4.78, 5) is 11.1. The molecule has 0 radical (unpaired) electrons. The molecule has 1 rings (SSSR count). The highest BCUT2D eigenvalue weighted by atomic mass is 16.5. The van der Waals surface area contributed by atoms with E-state index >= 15 is 0 Å². The molecule has 0 atom stereocenters. The van der Waals surface area contributed by atoms with Gasteiger partial charge in [0, 0.05) is 0 Å². The van der Waals surface area contributed by atoms with Crippen molar-refractivity contribution in [1.29, 1.82) is 0 Å². The number of rotatable bonds is 0. The predicted octanol–water partition coefficient (Wildman–Crippen LogP) is 0.806. The average Bonchev–Trinajstić information content (AvgIpc) is 2.10.